The summed E-state index contributed by atoms with van der Waals surface area (Å²) < 4.78 is 0. The Bertz CT molecular complexity index is 721. The standard InChI is InChI=1S/C18H23N5O/c1-13-4-5-15(12-14(13)2)19-17-7-6-16(20-21-17)18(24)23-10-8-22(3)9-11-23/h4-7,12H,8-11H2,1-3H3,(H,19,21). The second kappa shape index (κ2) is 6.97. The first-order valence-electron chi connectivity index (χ1n) is 8.19. The van der Waals surface area contributed by atoms with Crippen molar-refractivity contribution in [2.45, 2.75) is 13.8 Å². The Morgan fingerprint density at radius 1 is 1.00 bits per heavy atom. The van der Waals surface area contributed by atoms with E-state index in [0.717, 1.165) is 31.9 Å². The van der Waals surface area contributed by atoms with E-state index in [2.05, 4.69) is 53.4 Å². The van der Waals surface area contributed by atoms with Crippen molar-refractivity contribution in [3.8, 4) is 0 Å². The number of hydrogen-bond donors (Lipinski definition) is 1. The van der Waals surface area contributed by atoms with Crippen LogP contribution in [0.3, 0.4) is 0 Å². The molecule has 0 aliphatic carbocycles. The first kappa shape index (κ1) is 16.4. The van der Waals surface area contributed by atoms with Crippen LogP contribution in [0.15, 0.2) is 30.3 Å². The molecule has 0 radical (unpaired) electrons. The molecule has 0 atom stereocenters. The van der Waals surface area contributed by atoms with Crippen molar-refractivity contribution in [1.82, 2.24) is 20.0 Å². The van der Waals surface area contributed by atoms with E-state index in [1.807, 2.05) is 11.0 Å². The number of piperazine rings is 1. The van der Waals surface area contributed by atoms with Crippen LogP contribution in [0, 0.1) is 13.8 Å². The van der Waals surface area contributed by atoms with Gasteiger partial charge in [-0.25, -0.2) is 0 Å². The molecular formula is C18H23N5O. The van der Waals surface area contributed by atoms with Crippen molar-refractivity contribution >= 4 is 17.4 Å². The van der Waals surface area contributed by atoms with Crippen molar-refractivity contribution in [2.24, 2.45) is 0 Å². The minimum Gasteiger partial charge on any atom is -0.339 e. The van der Waals surface area contributed by atoms with Gasteiger partial charge in [-0.15, -0.1) is 10.2 Å². The van der Waals surface area contributed by atoms with Gasteiger partial charge in [-0.3, -0.25) is 4.79 Å². The summed E-state index contributed by atoms with van der Waals surface area (Å²) in [6.45, 7) is 7.41. The molecule has 0 unspecified atom stereocenters. The van der Waals surface area contributed by atoms with Crippen LogP contribution in [0.25, 0.3) is 0 Å². The van der Waals surface area contributed by atoms with Gasteiger partial charge in [-0.05, 0) is 56.3 Å². The van der Waals surface area contributed by atoms with E-state index in [9.17, 15) is 4.79 Å². The lowest BCUT2D eigenvalue weighted by molar-refractivity contribution is 0.0657. The third-order valence-electron chi connectivity index (χ3n) is 4.45. The van der Waals surface area contributed by atoms with E-state index in [1.165, 1.54) is 11.1 Å². The maximum Gasteiger partial charge on any atom is 0.274 e. The van der Waals surface area contributed by atoms with Crippen LogP contribution in [0.1, 0.15) is 21.6 Å². The SMILES string of the molecule is Cc1ccc(Nc2ccc(C(=O)N3CCN(C)CC3)nn2)cc1C. The molecule has 1 aliphatic heterocycles. The number of carbonyl (C=O) groups excluding carboxylic acids is 1. The minimum atomic E-state index is -0.0478. The number of likely N-dealkylation sites (N-methyl/N-ethyl adjacent to an activating group) is 1. The number of amides is 1. The fraction of sp³-hybridized carbons (Fsp3) is 0.389. The van der Waals surface area contributed by atoms with Gasteiger partial charge in [0.1, 0.15) is 0 Å². The molecule has 1 N–H and O–H groups in total. The lowest BCUT2D eigenvalue weighted by atomic mass is 10.1. The molecule has 0 spiro atoms. The highest BCUT2D eigenvalue weighted by Crippen LogP contribution is 2.18. The van der Waals surface area contributed by atoms with E-state index < -0.39 is 0 Å². The molecule has 6 heteroatoms. The fourth-order valence-electron chi connectivity index (χ4n) is 2.65. The van der Waals surface area contributed by atoms with Gasteiger partial charge in [-0.1, -0.05) is 6.07 Å². The molecule has 1 aromatic heterocycles. The third-order valence-corrected chi connectivity index (χ3v) is 4.45. The van der Waals surface area contributed by atoms with Gasteiger partial charge in [0.15, 0.2) is 11.5 Å². The van der Waals surface area contributed by atoms with Crippen LogP contribution in [0.4, 0.5) is 11.5 Å². The van der Waals surface area contributed by atoms with Crippen LogP contribution >= 0.6 is 0 Å². The first-order chi connectivity index (χ1) is 11.5. The number of nitrogens with one attached hydrogen (secondary N) is 1. The van der Waals surface area contributed by atoms with Gasteiger partial charge in [-0.2, -0.15) is 0 Å². The minimum absolute atomic E-state index is 0.0478. The topological polar surface area (TPSA) is 61.4 Å². The predicted molar refractivity (Wildman–Crippen MR) is 94.6 cm³/mol. The third kappa shape index (κ3) is 3.71. The molecule has 24 heavy (non-hydrogen) atoms. The summed E-state index contributed by atoms with van der Waals surface area (Å²) in [5.41, 5.74) is 3.82. The number of benzene rings is 1. The number of aryl methyl sites for hydroxylation is 2. The van der Waals surface area contributed by atoms with Crippen LogP contribution in [-0.2, 0) is 0 Å². The quantitative estimate of drug-likeness (QED) is 0.937. The van der Waals surface area contributed by atoms with E-state index in [-0.39, 0.29) is 5.91 Å². The highest BCUT2D eigenvalue weighted by Gasteiger charge is 2.21. The number of hydrogen-bond acceptors (Lipinski definition) is 5. The second-order valence-corrected chi connectivity index (χ2v) is 6.32. The second-order valence-electron chi connectivity index (χ2n) is 6.32. The molecule has 2 aromatic rings. The molecule has 0 bridgehead atoms. The molecule has 1 fully saturated rings. The van der Waals surface area contributed by atoms with Crippen molar-refractivity contribution in [3.05, 3.63) is 47.2 Å². The summed E-state index contributed by atoms with van der Waals surface area (Å²) in [6.07, 6.45) is 0. The summed E-state index contributed by atoms with van der Waals surface area (Å²) in [6, 6.07) is 9.67. The number of anilines is 2. The van der Waals surface area contributed by atoms with E-state index >= 15 is 0 Å². The highest BCUT2D eigenvalue weighted by atomic mass is 16.2. The van der Waals surface area contributed by atoms with Gasteiger partial charge in [0.05, 0.1) is 0 Å². The Balaban J connectivity index is 1.66. The van der Waals surface area contributed by atoms with Crippen LogP contribution in [-0.4, -0.2) is 59.1 Å². The van der Waals surface area contributed by atoms with Gasteiger partial charge in [0, 0.05) is 31.9 Å². The Labute approximate surface area is 142 Å². The van der Waals surface area contributed by atoms with Gasteiger partial charge in [0.2, 0.25) is 0 Å². The normalized spacial score (nSPS) is 15.4. The molecule has 1 amide bonds. The lowest BCUT2D eigenvalue weighted by Crippen LogP contribution is -2.47. The summed E-state index contributed by atoms with van der Waals surface area (Å²) in [4.78, 5) is 16.5. The van der Waals surface area contributed by atoms with E-state index in [1.54, 1.807) is 12.1 Å². The van der Waals surface area contributed by atoms with Crippen molar-refractivity contribution in [1.29, 1.82) is 0 Å². The van der Waals surface area contributed by atoms with Crippen LogP contribution in [0.2, 0.25) is 0 Å². The molecule has 1 saturated heterocycles. The number of rotatable bonds is 3. The van der Waals surface area contributed by atoms with Gasteiger partial charge < -0.3 is 15.1 Å². The van der Waals surface area contributed by atoms with Crippen molar-refractivity contribution < 1.29 is 4.79 Å². The predicted octanol–water partition coefficient (Wildman–Crippen LogP) is 2.22. The van der Waals surface area contributed by atoms with Crippen LogP contribution < -0.4 is 5.32 Å². The fourth-order valence-corrected chi connectivity index (χ4v) is 2.65. The zero-order valence-corrected chi connectivity index (χ0v) is 14.4. The van der Waals surface area contributed by atoms with Crippen LogP contribution in [0.5, 0.6) is 0 Å². The molecule has 1 aromatic carbocycles. The molecule has 1 aliphatic rings. The Hall–Kier alpha value is -2.47. The largest absolute Gasteiger partial charge is 0.339 e. The zero-order chi connectivity index (χ0) is 17.1. The lowest BCUT2D eigenvalue weighted by Gasteiger charge is -2.32. The average molecular weight is 325 g/mol. The maximum absolute atomic E-state index is 12.4. The van der Waals surface area contributed by atoms with Crippen molar-refractivity contribution in [2.75, 3.05) is 38.5 Å². The maximum atomic E-state index is 12.4. The molecule has 0 saturated carbocycles. The number of aromatic nitrogens is 2. The summed E-state index contributed by atoms with van der Waals surface area (Å²) in [7, 11) is 2.06. The Morgan fingerprint density at radius 2 is 1.75 bits per heavy atom. The molecule has 126 valence electrons. The highest BCUT2D eigenvalue weighted by molar-refractivity contribution is 5.92. The summed E-state index contributed by atoms with van der Waals surface area (Å²) in [5, 5.41) is 11.4. The van der Waals surface area contributed by atoms with E-state index in [4.69, 9.17) is 0 Å². The van der Waals surface area contributed by atoms with E-state index in [0.29, 0.717) is 11.5 Å². The molecule has 2 heterocycles. The summed E-state index contributed by atoms with van der Waals surface area (Å²) >= 11 is 0. The first-order valence-corrected chi connectivity index (χ1v) is 8.19. The van der Waals surface area contributed by atoms with Gasteiger partial charge in [0.25, 0.3) is 5.91 Å². The molecule has 6 nitrogen and oxygen atoms in total. The van der Waals surface area contributed by atoms with Crippen molar-refractivity contribution in [3.63, 3.8) is 0 Å². The Morgan fingerprint density at radius 3 is 2.38 bits per heavy atom. The number of carbonyl (C=O) groups is 1. The Kier molecular flexibility index (Phi) is 4.76. The van der Waals surface area contributed by atoms with Gasteiger partial charge >= 0.3 is 0 Å². The average Bonchev–Trinajstić information content (AvgIpc) is 2.59. The number of nitrogens with zero attached hydrogens (tertiary/aromatic N) is 4. The summed E-state index contributed by atoms with van der Waals surface area (Å²) in [5.74, 6) is 0.585. The molecule has 3 rings (SSSR count). The zero-order valence-electron chi connectivity index (χ0n) is 14.4. The molecular weight excluding hydrogens is 302 g/mol. The monoisotopic (exact) mass is 325 g/mol. The smallest absolute Gasteiger partial charge is 0.274 e.